The van der Waals surface area contributed by atoms with Crippen LogP contribution in [0.3, 0.4) is 0 Å². The van der Waals surface area contributed by atoms with E-state index in [9.17, 15) is 9.59 Å². The van der Waals surface area contributed by atoms with E-state index in [-0.39, 0.29) is 18.4 Å². The predicted octanol–water partition coefficient (Wildman–Crippen LogP) is 2.41. The van der Waals surface area contributed by atoms with Gasteiger partial charge in [-0.05, 0) is 18.2 Å². The molecule has 1 N–H and O–H groups in total. The fraction of sp³-hybridized carbons (Fsp3) is 0.385. The average molecular weight is 327 g/mol. The molecule has 1 saturated heterocycles. The number of anilines is 1. The SMILES string of the molecule is CN1CC(CC(=O)O)CN(c2cccc(Br)c2)C1=O. The maximum Gasteiger partial charge on any atom is 0.324 e. The van der Waals surface area contributed by atoms with Crippen molar-refractivity contribution < 1.29 is 14.7 Å². The lowest BCUT2D eigenvalue weighted by Gasteiger charge is -2.38. The lowest BCUT2D eigenvalue weighted by atomic mass is 10.0. The lowest BCUT2D eigenvalue weighted by molar-refractivity contribution is -0.138. The van der Waals surface area contributed by atoms with Crippen molar-refractivity contribution in [3.8, 4) is 0 Å². The van der Waals surface area contributed by atoms with Crippen molar-refractivity contribution in [2.75, 3.05) is 25.0 Å². The number of hydrogen-bond donors (Lipinski definition) is 1. The first-order valence-corrected chi connectivity index (χ1v) is 6.76. The molecule has 102 valence electrons. The molecule has 0 spiro atoms. The summed E-state index contributed by atoms with van der Waals surface area (Å²) in [7, 11) is 1.70. The van der Waals surface area contributed by atoms with Crippen LogP contribution in [0.15, 0.2) is 28.7 Å². The Kier molecular flexibility index (Phi) is 4.09. The number of amides is 2. The van der Waals surface area contributed by atoms with Crippen molar-refractivity contribution in [2.24, 2.45) is 5.92 Å². The van der Waals surface area contributed by atoms with Crippen molar-refractivity contribution in [3.63, 3.8) is 0 Å². The highest BCUT2D eigenvalue weighted by Gasteiger charge is 2.31. The zero-order valence-electron chi connectivity index (χ0n) is 10.5. The van der Waals surface area contributed by atoms with Crippen LogP contribution in [0, 0.1) is 5.92 Å². The van der Waals surface area contributed by atoms with Crippen LogP contribution >= 0.6 is 15.9 Å². The molecule has 0 aromatic heterocycles. The standard InChI is InChI=1S/C13H15BrN2O3/c1-15-7-9(5-12(17)18)8-16(13(15)19)11-4-2-3-10(14)6-11/h2-4,6,9H,5,7-8H2,1H3,(H,17,18). The van der Waals surface area contributed by atoms with Gasteiger partial charge in [0.1, 0.15) is 0 Å². The van der Waals surface area contributed by atoms with E-state index >= 15 is 0 Å². The molecule has 19 heavy (non-hydrogen) atoms. The van der Waals surface area contributed by atoms with Gasteiger partial charge in [-0.1, -0.05) is 22.0 Å². The molecular formula is C13H15BrN2O3. The monoisotopic (exact) mass is 326 g/mol. The van der Waals surface area contributed by atoms with Crippen LogP contribution in [0.1, 0.15) is 6.42 Å². The molecule has 1 aliphatic rings. The Morgan fingerprint density at radius 3 is 2.84 bits per heavy atom. The number of hydrogen-bond acceptors (Lipinski definition) is 2. The minimum Gasteiger partial charge on any atom is -0.481 e. The number of halogens is 1. The molecule has 1 heterocycles. The highest BCUT2D eigenvalue weighted by atomic mass is 79.9. The van der Waals surface area contributed by atoms with Gasteiger partial charge in [-0.3, -0.25) is 9.69 Å². The molecule has 2 amide bonds. The third kappa shape index (κ3) is 3.26. The highest BCUT2D eigenvalue weighted by molar-refractivity contribution is 9.10. The van der Waals surface area contributed by atoms with E-state index in [2.05, 4.69) is 15.9 Å². The Labute approximate surface area is 119 Å². The van der Waals surface area contributed by atoms with Gasteiger partial charge in [-0.25, -0.2) is 4.79 Å². The fourth-order valence-electron chi connectivity index (χ4n) is 2.30. The fourth-order valence-corrected chi connectivity index (χ4v) is 2.69. The second-order valence-electron chi connectivity index (χ2n) is 4.72. The molecule has 2 rings (SSSR count). The summed E-state index contributed by atoms with van der Waals surface area (Å²) in [5, 5.41) is 8.89. The Hall–Kier alpha value is -1.56. The zero-order chi connectivity index (χ0) is 14.0. The van der Waals surface area contributed by atoms with E-state index in [1.165, 1.54) is 0 Å². The first-order valence-electron chi connectivity index (χ1n) is 5.97. The Bertz CT molecular complexity index is 506. The van der Waals surface area contributed by atoms with Crippen molar-refractivity contribution >= 4 is 33.6 Å². The van der Waals surface area contributed by atoms with Crippen LogP contribution in [0.2, 0.25) is 0 Å². The maximum atomic E-state index is 12.2. The Balaban J connectivity index is 2.22. The molecule has 1 aromatic carbocycles. The van der Waals surface area contributed by atoms with Gasteiger partial charge in [0.2, 0.25) is 0 Å². The number of carbonyl (C=O) groups is 2. The van der Waals surface area contributed by atoms with Crippen LogP contribution in [0.4, 0.5) is 10.5 Å². The van der Waals surface area contributed by atoms with Crippen molar-refractivity contribution in [1.29, 1.82) is 0 Å². The minimum atomic E-state index is -0.832. The molecule has 0 bridgehead atoms. The van der Waals surface area contributed by atoms with E-state index in [1.807, 2.05) is 24.3 Å². The van der Waals surface area contributed by atoms with E-state index in [0.29, 0.717) is 13.1 Å². The minimum absolute atomic E-state index is 0.0563. The molecule has 1 fully saturated rings. The van der Waals surface area contributed by atoms with Crippen molar-refractivity contribution in [3.05, 3.63) is 28.7 Å². The molecule has 1 atom stereocenters. The molecule has 0 aliphatic carbocycles. The summed E-state index contributed by atoms with van der Waals surface area (Å²) < 4.78 is 0.890. The number of nitrogens with zero attached hydrogens (tertiary/aromatic N) is 2. The van der Waals surface area contributed by atoms with Crippen LogP contribution in [0.5, 0.6) is 0 Å². The molecule has 1 aromatic rings. The Morgan fingerprint density at radius 2 is 2.21 bits per heavy atom. The summed E-state index contributed by atoms with van der Waals surface area (Å²) in [5.74, 6) is -0.888. The summed E-state index contributed by atoms with van der Waals surface area (Å²) in [6.07, 6.45) is 0.0716. The van der Waals surface area contributed by atoms with Gasteiger partial charge in [0.25, 0.3) is 0 Å². The normalized spacial score (nSPS) is 19.7. The second-order valence-corrected chi connectivity index (χ2v) is 5.63. The lowest BCUT2D eigenvalue weighted by Crippen LogP contribution is -2.52. The average Bonchev–Trinajstić information content (AvgIpc) is 2.32. The number of benzene rings is 1. The molecular weight excluding hydrogens is 312 g/mol. The number of carbonyl (C=O) groups excluding carboxylic acids is 1. The van der Waals surface area contributed by atoms with Crippen LogP contribution in [-0.2, 0) is 4.79 Å². The van der Waals surface area contributed by atoms with Crippen LogP contribution in [0.25, 0.3) is 0 Å². The first kappa shape index (κ1) is 13.9. The van der Waals surface area contributed by atoms with Gasteiger partial charge in [0.05, 0.1) is 6.42 Å². The number of carboxylic acid groups (broad SMARTS) is 1. The van der Waals surface area contributed by atoms with E-state index in [4.69, 9.17) is 5.11 Å². The number of carboxylic acids is 1. The molecule has 1 aliphatic heterocycles. The first-order chi connectivity index (χ1) is 8.97. The number of aliphatic carboxylic acids is 1. The van der Waals surface area contributed by atoms with Crippen LogP contribution < -0.4 is 4.90 Å². The zero-order valence-corrected chi connectivity index (χ0v) is 12.1. The van der Waals surface area contributed by atoms with Gasteiger partial charge in [0, 0.05) is 36.2 Å². The smallest absolute Gasteiger partial charge is 0.324 e. The maximum absolute atomic E-state index is 12.2. The quantitative estimate of drug-likeness (QED) is 0.927. The summed E-state index contributed by atoms with van der Waals surface area (Å²) in [4.78, 5) is 26.2. The summed E-state index contributed by atoms with van der Waals surface area (Å²) in [5.41, 5.74) is 0.779. The topological polar surface area (TPSA) is 60.9 Å². The summed E-state index contributed by atoms with van der Waals surface area (Å²) in [6.45, 7) is 0.918. The number of rotatable bonds is 3. The van der Waals surface area contributed by atoms with Gasteiger partial charge >= 0.3 is 12.0 Å². The molecule has 1 unspecified atom stereocenters. The van der Waals surface area contributed by atoms with Crippen LogP contribution in [-0.4, -0.2) is 42.1 Å². The predicted molar refractivity (Wildman–Crippen MR) is 75.3 cm³/mol. The summed E-state index contributed by atoms with van der Waals surface area (Å²) >= 11 is 3.37. The molecule has 5 nitrogen and oxygen atoms in total. The highest BCUT2D eigenvalue weighted by Crippen LogP contribution is 2.25. The summed E-state index contributed by atoms with van der Waals surface area (Å²) in [6, 6.07) is 7.35. The van der Waals surface area contributed by atoms with Crippen molar-refractivity contribution in [2.45, 2.75) is 6.42 Å². The third-order valence-corrected chi connectivity index (χ3v) is 3.61. The number of urea groups is 1. The second kappa shape index (κ2) is 5.61. The van der Waals surface area contributed by atoms with E-state index in [0.717, 1.165) is 10.2 Å². The van der Waals surface area contributed by atoms with Gasteiger partial charge in [-0.2, -0.15) is 0 Å². The van der Waals surface area contributed by atoms with E-state index < -0.39 is 5.97 Å². The Morgan fingerprint density at radius 1 is 1.47 bits per heavy atom. The molecule has 6 heteroatoms. The van der Waals surface area contributed by atoms with Gasteiger partial charge in [-0.15, -0.1) is 0 Å². The molecule has 0 saturated carbocycles. The largest absolute Gasteiger partial charge is 0.481 e. The molecule has 0 radical (unpaired) electrons. The van der Waals surface area contributed by atoms with Gasteiger partial charge < -0.3 is 10.0 Å². The van der Waals surface area contributed by atoms with Gasteiger partial charge in [0.15, 0.2) is 0 Å². The van der Waals surface area contributed by atoms with E-state index in [1.54, 1.807) is 16.8 Å². The third-order valence-electron chi connectivity index (χ3n) is 3.11. The van der Waals surface area contributed by atoms with Crippen molar-refractivity contribution in [1.82, 2.24) is 4.90 Å².